The first-order valence-corrected chi connectivity index (χ1v) is 7.30. The quantitative estimate of drug-likeness (QED) is 0.482. The van der Waals surface area contributed by atoms with Gasteiger partial charge in [0.2, 0.25) is 0 Å². The maximum absolute atomic E-state index is 10.6. The van der Waals surface area contributed by atoms with Crippen LogP contribution >= 0.6 is 11.3 Å². The molecule has 0 radical (unpaired) electrons. The van der Waals surface area contributed by atoms with Gasteiger partial charge in [0.25, 0.3) is 5.69 Å². The van der Waals surface area contributed by atoms with Crippen LogP contribution in [0.3, 0.4) is 0 Å². The van der Waals surface area contributed by atoms with E-state index >= 15 is 0 Å². The van der Waals surface area contributed by atoms with Crippen molar-refractivity contribution in [2.24, 2.45) is 0 Å². The Bertz CT molecular complexity index is 568. The second-order valence-electron chi connectivity index (χ2n) is 4.30. The molecule has 7 heteroatoms. The van der Waals surface area contributed by atoms with E-state index in [1.807, 2.05) is 0 Å². The van der Waals surface area contributed by atoms with Crippen LogP contribution < -0.4 is 5.32 Å². The average Bonchev–Trinajstić information content (AvgIpc) is 2.92. The second-order valence-corrected chi connectivity index (χ2v) is 5.37. The molecule has 0 bridgehead atoms. The summed E-state index contributed by atoms with van der Waals surface area (Å²) >= 11 is 1.53. The van der Waals surface area contributed by atoms with E-state index in [-0.39, 0.29) is 5.69 Å². The monoisotopic (exact) mass is 292 g/mol. The smallest absolute Gasteiger partial charge is 0.269 e. The normalized spacial score (nSPS) is 10.7. The zero-order chi connectivity index (χ0) is 14.4. The van der Waals surface area contributed by atoms with Crippen molar-refractivity contribution >= 4 is 17.0 Å². The number of hydrogen-bond acceptors (Lipinski definition) is 6. The lowest BCUT2D eigenvalue weighted by molar-refractivity contribution is -0.384. The topological polar surface area (TPSA) is 81.0 Å². The number of nitrogens with one attached hydrogen (secondary N) is 1. The van der Waals surface area contributed by atoms with E-state index in [0.717, 1.165) is 41.5 Å². The Balaban J connectivity index is 1.99. The van der Waals surface area contributed by atoms with E-state index in [4.69, 9.17) is 0 Å². The fraction of sp³-hybridized carbons (Fsp3) is 0.385. The lowest BCUT2D eigenvalue weighted by atomic mass is 10.2. The van der Waals surface area contributed by atoms with Gasteiger partial charge in [-0.15, -0.1) is 10.2 Å². The van der Waals surface area contributed by atoms with Crippen LogP contribution in [0, 0.1) is 10.1 Å². The van der Waals surface area contributed by atoms with Crippen molar-refractivity contribution < 1.29 is 4.92 Å². The van der Waals surface area contributed by atoms with Crippen LogP contribution in [0.2, 0.25) is 0 Å². The molecule has 0 aliphatic rings. The maximum atomic E-state index is 10.6. The van der Waals surface area contributed by atoms with Crippen LogP contribution in [-0.4, -0.2) is 28.2 Å². The SMILES string of the molecule is CCCNCCc1nnc(-c2ccc([N+](=O)[O-])cc2)s1. The molecule has 0 aliphatic carbocycles. The largest absolute Gasteiger partial charge is 0.316 e. The summed E-state index contributed by atoms with van der Waals surface area (Å²) in [6.07, 6.45) is 1.97. The van der Waals surface area contributed by atoms with Gasteiger partial charge in [-0.25, -0.2) is 0 Å². The van der Waals surface area contributed by atoms with Crippen molar-refractivity contribution in [2.45, 2.75) is 19.8 Å². The summed E-state index contributed by atoms with van der Waals surface area (Å²) in [6.45, 7) is 4.03. The highest BCUT2D eigenvalue weighted by atomic mass is 32.1. The lowest BCUT2D eigenvalue weighted by Gasteiger charge is -1.98. The molecule has 1 N–H and O–H groups in total. The third-order valence-corrected chi connectivity index (χ3v) is 3.77. The summed E-state index contributed by atoms with van der Waals surface area (Å²) < 4.78 is 0. The highest BCUT2D eigenvalue weighted by Gasteiger charge is 2.09. The van der Waals surface area contributed by atoms with E-state index < -0.39 is 4.92 Å². The number of rotatable bonds is 7. The van der Waals surface area contributed by atoms with E-state index in [0.29, 0.717) is 0 Å². The molecule has 2 aromatic rings. The molecular weight excluding hydrogens is 276 g/mol. The predicted octanol–water partition coefficient (Wildman–Crippen LogP) is 2.66. The van der Waals surface area contributed by atoms with Crippen molar-refractivity contribution in [1.82, 2.24) is 15.5 Å². The van der Waals surface area contributed by atoms with Crippen molar-refractivity contribution in [1.29, 1.82) is 0 Å². The Labute approximate surface area is 121 Å². The molecule has 0 atom stereocenters. The highest BCUT2D eigenvalue weighted by molar-refractivity contribution is 7.14. The summed E-state index contributed by atoms with van der Waals surface area (Å²) in [5.74, 6) is 0. The summed E-state index contributed by atoms with van der Waals surface area (Å²) in [6, 6.07) is 6.38. The number of benzene rings is 1. The summed E-state index contributed by atoms with van der Waals surface area (Å²) in [5, 5.41) is 24.0. The Hall–Kier alpha value is -1.86. The third kappa shape index (κ3) is 3.82. The molecule has 0 saturated heterocycles. The molecular formula is C13H16N4O2S. The Morgan fingerprint density at radius 1 is 1.25 bits per heavy atom. The zero-order valence-electron chi connectivity index (χ0n) is 11.2. The van der Waals surface area contributed by atoms with Gasteiger partial charge in [0, 0.05) is 30.7 Å². The van der Waals surface area contributed by atoms with Crippen LogP contribution in [0.25, 0.3) is 10.6 Å². The minimum atomic E-state index is -0.408. The number of aromatic nitrogens is 2. The number of nitrogens with zero attached hydrogens (tertiary/aromatic N) is 3. The van der Waals surface area contributed by atoms with Crippen molar-refractivity contribution in [3.8, 4) is 10.6 Å². The maximum Gasteiger partial charge on any atom is 0.269 e. The first-order valence-electron chi connectivity index (χ1n) is 6.48. The first-order chi connectivity index (χ1) is 9.70. The van der Waals surface area contributed by atoms with Crippen LogP contribution in [0.5, 0.6) is 0 Å². The molecule has 1 aromatic carbocycles. The molecule has 0 unspecified atom stereocenters. The van der Waals surface area contributed by atoms with Crippen molar-refractivity contribution in [3.63, 3.8) is 0 Å². The number of nitro benzene ring substituents is 1. The Morgan fingerprint density at radius 3 is 2.65 bits per heavy atom. The molecule has 0 aliphatic heterocycles. The molecule has 1 aromatic heterocycles. The second kappa shape index (κ2) is 7.06. The van der Waals surface area contributed by atoms with E-state index in [1.54, 1.807) is 12.1 Å². The third-order valence-electron chi connectivity index (χ3n) is 2.73. The molecule has 0 spiro atoms. The molecule has 0 amide bonds. The number of nitro groups is 1. The van der Waals surface area contributed by atoms with E-state index in [1.165, 1.54) is 23.5 Å². The molecule has 0 saturated carbocycles. The fourth-order valence-corrected chi connectivity index (χ4v) is 2.54. The summed E-state index contributed by atoms with van der Waals surface area (Å²) in [7, 11) is 0. The standard InChI is InChI=1S/C13H16N4O2S/c1-2-8-14-9-7-12-15-16-13(20-12)10-3-5-11(6-4-10)17(18)19/h3-6,14H,2,7-9H2,1H3. The molecule has 1 heterocycles. The Morgan fingerprint density at radius 2 is 2.00 bits per heavy atom. The van der Waals surface area contributed by atoms with Gasteiger partial charge in [-0.3, -0.25) is 10.1 Å². The fourth-order valence-electron chi connectivity index (χ4n) is 1.69. The van der Waals surface area contributed by atoms with Gasteiger partial charge in [0.1, 0.15) is 10.0 Å². The minimum Gasteiger partial charge on any atom is -0.316 e. The van der Waals surface area contributed by atoms with Gasteiger partial charge in [-0.1, -0.05) is 18.3 Å². The van der Waals surface area contributed by atoms with E-state index in [9.17, 15) is 10.1 Å². The number of non-ortho nitro benzene ring substituents is 1. The molecule has 20 heavy (non-hydrogen) atoms. The van der Waals surface area contributed by atoms with Crippen LogP contribution in [0.4, 0.5) is 5.69 Å². The highest BCUT2D eigenvalue weighted by Crippen LogP contribution is 2.25. The van der Waals surface area contributed by atoms with Gasteiger partial charge >= 0.3 is 0 Å². The lowest BCUT2D eigenvalue weighted by Crippen LogP contribution is -2.17. The van der Waals surface area contributed by atoms with Crippen LogP contribution in [0.15, 0.2) is 24.3 Å². The van der Waals surface area contributed by atoms with Gasteiger partial charge < -0.3 is 5.32 Å². The average molecular weight is 292 g/mol. The Kier molecular flexibility index (Phi) is 5.14. The molecule has 2 rings (SSSR count). The van der Waals surface area contributed by atoms with Crippen LogP contribution in [0.1, 0.15) is 18.4 Å². The van der Waals surface area contributed by atoms with Gasteiger partial charge in [-0.05, 0) is 25.1 Å². The van der Waals surface area contributed by atoms with Crippen LogP contribution in [-0.2, 0) is 6.42 Å². The summed E-state index contributed by atoms with van der Waals surface area (Å²) in [4.78, 5) is 10.2. The first kappa shape index (κ1) is 14.5. The predicted molar refractivity (Wildman–Crippen MR) is 78.9 cm³/mol. The van der Waals surface area contributed by atoms with E-state index in [2.05, 4.69) is 22.4 Å². The van der Waals surface area contributed by atoms with Gasteiger partial charge in [0.05, 0.1) is 4.92 Å². The summed E-state index contributed by atoms with van der Waals surface area (Å²) in [5.41, 5.74) is 0.947. The van der Waals surface area contributed by atoms with Crippen molar-refractivity contribution in [2.75, 3.05) is 13.1 Å². The molecule has 0 fully saturated rings. The zero-order valence-corrected chi connectivity index (χ0v) is 12.0. The molecule has 6 nitrogen and oxygen atoms in total. The number of hydrogen-bond donors (Lipinski definition) is 1. The van der Waals surface area contributed by atoms with Gasteiger partial charge in [-0.2, -0.15) is 0 Å². The minimum absolute atomic E-state index is 0.0854. The van der Waals surface area contributed by atoms with Gasteiger partial charge in [0.15, 0.2) is 0 Å². The molecule has 106 valence electrons. The van der Waals surface area contributed by atoms with Crippen molar-refractivity contribution in [3.05, 3.63) is 39.4 Å².